The number of halogens is 3. The van der Waals surface area contributed by atoms with Crippen LogP contribution in [0, 0.1) is 23.7 Å². The molecule has 2 saturated carbocycles. The van der Waals surface area contributed by atoms with Crippen molar-refractivity contribution in [1.82, 2.24) is 15.0 Å². The van der Waals surface area contributed by atoms with Crippen molar-refractivity contribution < 1.29 is 27.5 Å². The van der Waals surface area contributed by atoms with E-state index in [1.807, 2.05) is 36.0 Å². The van der Waals surface area contributed by atoms with Crippen LogP contribution in [0.25, 0.3) is 10.9 Å². The number of aromatic nitrogens is 3. The molecule has 0 radical (unpaired) electrons. The Balaban J connectivity index is 1.35. The van der Waals surface area contributed by atoms with Gasteiger partial charge in [-0.2, -0.15) is 13.2 Å². The van der Waals surface area contributed by atoms with Crippen molar-refractivity contribution in [2.45, 2.75) is 88.2 Å². The Morgan fingerprint density at radius 2 is 1.72 bits per heavy atom. The van der Waals surface area contributed by atoms with Crippen molar-refractivity contribution >= 4 is 42.5 Å². The Labute approximate surface area is 272 Å². The van der Waals surface area contributed by atoms with Gasteiger partial charge in [-0.3, -0.25) is 14.4 Å². The van der Waals surface area contributed by atoms with Crippen molar-refractivity contribution in [3.8, 4) is 0 Å². The van der Waals surface area contributed by atoms with Crippen molar-refractivity contribution in [2.75, 3.05) is 12.4 Å². The van der Waals surface area contributed by atoms with Gasteiger partial charge in [-0.25, -0.2) is 4.68 Å². The monoisotopic (exact) mass is 673 g/mol. The number of hydrogen-bond acceptors (Lipinski definition) is 7. The zero-order valence-corrected chi connectivity index (χ0v) is 28.5. The first-order chi connectivity index (χ1) is 21.8. The van der Waals surface area contributed by atoms with Crippen LogP contribution in [-0.2, 0) is 22.3 Å². The molecule has 2 aliphatic rings. The Bertz CT molecular complexity index is 1600. The second-order valence-electron chi connectivity index (χ2n) is 14.0. The third-order valence-corrected chi connectivity index (χ3v) is 12.2. The van der Waals surface area contributed by atoms with Gasteiger partial charge in [0.15, 0.2) is 5.78 Å². The molecule has 0 aliphatic heterocycles. The Morgan fingerprint density at radius 3 is 2.39 bits per heavy atom. The summed E-state index contributed by atoms with van der Waals surface area (Å²) in [6, 6.07) is 11.1. The lowest BCUT2D eigenvalue weighted by atomic mass is 9.84. The number of thioether (sulfide) groups is 1. The fourth-order valence-electron chi connectivity index (χ4n) is 6.58. The molecular weight excluding hydrogens is 632 g/mol. The zero-order chi connectivity index (χ0) is 33.1. The van der Waals surface area contributed by atoms with Crippen LogP contribution < -0.4 is 5.56 Å². The number of ether oxygens (including phenoxy) is 1. The lowest BCUT2D eigenvalue weighted by molar-refractivity contribution is -0.150. The fourth-order valence-corrected chi connectivity index (χ4v) is 8.39. The van der Waals surface area contributed by atoms with Gasteiger partial charge < -0.3 is 4.74 Å². The largest absolute Gasteiger partial charge is 0.466 e. The zero-order valence-electron chi connectivity index (χ0n) is 26.6. The van der Waals surface area contributed by atoms with Gasteiger partial charge in [0.25, 0.3) is 5.56 Å². The molecule has 1 aromatic heterocycles. The summed E-state index contributed by atoms with van der Waals surface area (Å²) in [4.78, 5) is 41.9. The summed E-state index contributed by atoms with van der Waals surface area (Å²) in [7, 11) is -1.50. The minimum absolute atomic E-state index is 0.0522. The quantitative estimate of drug-likeness (QED) is 0.0885. The number of fused-ring (bicyclic) bond motifs is 1. The summed E-state index contributed by atoms with van der Waals surface area (Å²) >= 11 is 1.81. The molecule has 1 heterocycles. The number of hydrogen-bond donors (Lipinski definition) is 0. The summed E-state index contributed by atoms with van der Waals surface area (Å²) in [5.74, 6) is -0.780. The maximum Gasteiger partial charge on any atom is 0.416 e. The van der Waals surface area contributed by atoms with Crippen LogP contribution in [0.2, 0.25) is 25.7 Å². The summed E-state index contributed by atoms with van der Waals surface area (Å²) in [5, 5.41) is 7.75. The van der Waals surface area contributed by atoms with Gasteiger partial charge in [0, 0.05) is 30.2 Å². The predicted molar refractivity (Wildman–Crippen MR) is 176 cm³/mol. The number of benzene rings is 2. The van der Waals surface area contributed by atoms with Gasteiger partial charge in [0.2, 0.25) is 0 Å². The van der Waals surface area contributed by atoms with Crippen LogP contribution >= 0.6 is 11.8 Å². The molecule has 0 amide bonds. The summed E-state index contributed by atoms with van der Waals surface area (Å²) in [6.45, 7) is 6.72. The number of alkyl halides is 3. The third kappa shape index (κ3) is 8.47. The topological polar surface area (TPSA) is 91.2 Å². The van der Waals surface area contributed by atoms with Crippen LogP contribution in [0.1, 0.15) is 60.9 Å². The Hall–Kier alpha value is -2.99. The van der Waals surface area contributed by atoms with Gasteiger partial charge in [-0.15, -0.1) is 16.9 Å². The molecule has 2 aromatic carbocycles. The van der Waals surface area contributed by atoms with E-state index in [1.54, 1.807) is 0 Å². The fraction of sp³-hybridized carbons (Fsp3) is 0.559. The molecule has 0 saturated heterocycles. The van der Waals surface area contributed by atoms with E-state index < -0.39 is 49.1 Å². The normalized spacial score (nSPS) is 21.0. The molecule has 0 spiro atoms. The second kappa shape index (κ2) is 14.4. The highest BCUT2D eigenvalue weighted by molar-refractivity contribution is 7.99. The first-order valence-corrected chi connectivity index (χ1v) is 20.9. The molecule has 5 rings (SSSR count). The first-order valence-electron chi connectivity index (χ1n) is 16.2. The molecule has 3 unspecified atom stereocenters. The van der Waals surface area contributed by atoms with E-state index in [0.717, 1.165) is 45.5 Å². The number of rotatable bonds is 11. The van der Waals surface area contributed by atoms with Crippen LogP contribution in [0.4, 0.5) is 13.2 Å². The maximum atomic E-state index is 13.9. The smallest absolute Gasteiger partial charge is 0.416 e. The van der Waals surface area contributed by atoms with Crippen molar-refractivity contribution in [2.24, 2.45) is 23.7 Å². The molecule has 7 nitrogen and oxygen atoms in total. The van der Waals surface area contributed by atoms with E-state index in [9.17, 15) is 27.6 Å². The summed E-state index contributed by atoms with van der Waals surface area (Å²) in [6.07, 6.45) is 2.71. The van der Waals surface area contributed by atoms with Crippen molar-refractivity contribution in [3.05, 3.63) is 63.9 Å². The van der Waals surface area contributed by atoms with Gasteiger partial charge in [-0.1, -0.05) is 56.2 Å². The first kappa shape index (κ1) is 34.3. The average Bonchev–Trinajstić information content (AvgIpc) is 3.44. The SMILES string of the molecule is C[Si](C)(C)CCOC(=O)C1C(Cn2nnc3ccc(C(F)(F)F)cc3c2=O)CCC1C(=O)c1ccc(SCC2CCCCC2)cc1. The molecule has 3 aromatic rings. The minimum Gasteiger partial charge on any atom is -0.466 e. The van der Waals surface area contributed by atoms with Crippen LogP contribution in [0.3, 0.4) is 0 Å². The van der Waals surface area contributed by atoms with Crippen molar-refractivity contribution in [1.29, 1.82) is 0 Å². The van der Waals surface area contributed by atoms with E-state index in [1.165, 1.54) is 32.1 Å². The average molecular weight is 674 g/mol. The summed E-state index contributed by atoms with van der Waals surface area (Å²) < 4.78 is 46.8. The van der Waals surface area contributed by atoms with Crippen molar-refractivity contribution in [3.63, 3.8) is 0 Å². The van der Waals surface area contributed by atoms with Gasteiger partial charge in [0.1, 0.15) is 5.52 Å². The van der Waals surface area contributed by atoms with E-state index >= 15 is 0 Å². The number of esters is 1. The van der Waals surface area contributed by atoms with Gasteiger partial charge in [0.05, 0.1) is 30.0 Å². The highest BCUT2D eigenvalue weighted by Crippen LogP contribution is 2.41. The minimum atomic E-state index is -4.62. The van der Waals surface area contributed by atoms with E-state index in [2.05, 4.69) is 30.0 Å². The lowest BCUT2D eigenvalue weighted by Crippen LogP contribution is -2.36. The third-order valence-electron chi connectivity index (χ3n) is 9.30. The van der Waals surface area contributed by atoms with Gasteiger partial charge in [-0.05, 0) is 73.9 Å². The Kier molecular flexibility index (Phi) is 10.8. The van der Waals surface area contributed by atoms with Gasteiger partial charge >= 0.3 is 12.1 Å². The van der Waals surface area contributed by atoms with Crippen LogP contribution in [-0.4, -0.2) is 47.2 Å². The predicted octanol–water partition coefficient (Wildman–Crippen LogP) is 7.89. The maximum absolute atomic E-state index is 13.9. The molecule has 2 fully saturated rings. The number of Topliss-reactive ketones (excluding diaryl/α,β-unsaturated/α-hetero) is 1. The number of carbonyl (C=O) groups is 2. The highest BCUT2D eigenvalue weighted by atomic mass is 32.2. The molecule has 46 heavy (non-hydrogen) atoms. The number of ketones is 1. The molecule has 248 valence electrons. The number of carbonyl (C=O) groups excluding carboxylic acids is 2. The number of nitrogens with zero attached hydrogens (tertiary/aromatic N) is 3. The molecule has 0 N–H and O–H groups in total. The standard InChI is InChI=1S/C34H42F3N3O4SSi/c1-46(2,3)18-17-44-33(43)30-24(20-40-32(42)28-19-25(34(35,36)37)12-16-29(28)38-39-40)11-15-27(30)31(41)23-9-13-26(14-10-23)45-21-22-7-5-4-6-8-22/h9-10,12-14,16,19,22,24,27,30H,4-8,11,15,17-18,20-21H2,1-3H3. The van der Waals surface area contributed by atoms with Crippen LogP contribution in [0.15, 0.2) is 52.2 Å². The summed E-state index contributed by atoms with van der Waals surface area (Å²) in [5.41, 5.74) is -1.10. The molecule has 3 atom stereocenters. The molecule has 2 aliphatic carbocycles. The second-order valence-corrected chi connectivity index (χ2v) is 20.7. The lowest BCUT2D eigenvalue weighted by Gasteiger charge is -2.24. The van der Waals surface area contributed by atoms with E-state index in [-0.39, 0.29) is 29.8 Å². The van der Waals surface area contributed by atoms with Crippen LogP contribution in [0.5, 0.6) is 0 Å². The van der Waals surface area contributed by atoms with E-state index in [4.69, 9.17) is 4.74 Å². The van der Waals surface area contributed by atoms with E-state index in [0.29, 0.717) is 18.4 Å². The highest BCUT2D eigenvalue weighted by Gasteiger charge is 2.46. The molecular formula is C34H42F3N3O4SSi. The Morgan fingerprint density at radius 1 is 1.00 bits per heavy atom. The molecule has 12 heteroatoms. The molecule has 0 bridgehead atoms.